The summed E-state index contributed by atoms with van der Waals surface area (Å²) in [5, 5.41) is 2.88. The van der Waals surface area contributed by atoms with Gasteiger partial charge in [-0.15, -0.1) is 0 Å². The van der Waals surface area contributed by atoms with Crippen LogP contribution in [0.15, 0.2) is 114 Å². The number of nitrogens with zero attached hydrogens (tertiary/aromatic N) is 2. The summed E-state index contributed by atoms with van der Waals surface area (Å²) in [5.74, 6) is -0.776. The normalized spacial score (nSPS) is 11.9. The van der Waals surface area contributed by atoms with Crippen molar-refractivity contribution in [2.24, 2.45) is 0 Å². The molecule has 0 bridgehead atoms. The van der Waals surface area contributed by atoms with Crippen molar-refractivity contribution in [1.29, 1.82) is 0 Å². The van der Waals surface area contributed by atoms with Gasteiger partial charge in [0.15, 0.2) is 0 Å². The number of carbonyl (C=O) groups excluding carboxylic acids is 2. The maximum Gasteiger partial charge on any atom is 0.264 e. The predicted molar refractivity (Wildman–Crippen MR) is 166 cm³/mol. The summed E-state index contributed by atoms with van der Waals surface area (Å²) in [6, 6.07) is 31.6. The molecule has 4 aromatic carbocycles. The van der Waals surface area contributed by atoms with E-state index >= 15 is 0 Å². The smallest absolute Gasteiger partial charge is 0.264 e. The van der Waals surface area contributed by atoms with Crippen LogP contribution in [0.25, 0.3) is 0 Å². The van der Waals surface area contributed by atoms with Gasteiger partial charge in [0.2, 0.25) is 11.8 Å². The van der Waals surface area contributed by atoms with Gasteiger partial charge < -0.3 is 10.2 Å². The molecular weight excluding hydrogens is 546 g/mol. The van der Waals surface area contributed by atoms with E-state index in [4.69, 9.17) is 0 Å². The minimum Gasteiger partial charge on any atom is -0.355 e. The fraction of sp³-hybridized carbons (Fsp3) is 0.235. The Labute approximate surface area is 248 Å². The minimum absolute atomic E-state index is 0.0795. The maximum atomic E-state index is 14.4. The topological polar surface area (TPSA) is 86.8 Å². The van der Waals surface area contributed by atoms with E-state index in [2.05, 4.69) is 5.32 Å². The fourth-order valence-electron chi connectivity index (χ4n) is 4.93. The number of benzene rings is 4. The van der Waals surface area contributed by atoms with E-state index in [1.807, 2.05) is 87.5 Å². The Bertz CT molecular complexity index is 1610. The standard InChI is InChI=1S/C34H37N3O4S/c1-4-35-34(39)32(23-28-16-7-5-8-17-28)36(24-29-18-13-14-26(2)22-29)33(38)25-37(31-21-12-11-15-27(31)3)42(40,41)30-19-9-6-10-20-30/h5-22,32H,4,23-25H2,1-3H3,(H,35,39)/t32-/m1/s1. The van der Waals surface area contributed by atoms with Crippen molar-refractivity contribution in [3.63, 3.8) is 0 Å². The predicted octanol–water partition coefficient (Wildman–Crippen LogP) is 5.27. The molecule has 0 saturated heterocycles. The fourth-order valence-corrected chi connectivity index (χ4v) is 6.43. The molecular formula is C34H37N3O4S. The van der Waals surface area contributed by atoms with Gasteiger partial charge in [0.1, 0.15) is 12.6 Å². The minimum atomic E-state index is -4.11. The maximum absolute atomic E-state index is 14.4. The zero-order valence-electron chi connectivity index (χ0n) is 24.2. The van der Waals surface area contributed by atoms with Crippen molar-refractivity contribution in [2.45, 2.75) is 44.7 Å². The van der Waals surface area contributed by atoms with E-state index in [0.29, 0.717) is 17.8 Å². The molecule has 0 aliphatic heterocycles. The number of hydrogen-bond donors (Lipinski definition) is 1. The van der Waals surface area contributed by atoms with E-state index in [-0.39, 0.29) is 23.8 Å². The number of aryl methyl sites for hydroxylation is 2. The molecule has 0 aliphatic rings. The molecule has 0 spiro atoms. The molecule has 2 amide bonds. The number of nitrogens with one attached hydrogen (secondary N) is 1. The summed E-state index contributed by atoms with van der Waals surface area (Å²) in [5.41, 5.74) is 3.87. The second-order valence-corrected chi connectivity index (χ2v) is 12.1. The van der Waals surface area contributed by atoms with E-state index in [1.54, 1.807) is 30.3 Å². The SMILES string of the molecule is CCNC(=O)[C@@H](Cc1ccccc1)N(Cc1cccc(C)c1)C(=O)CN(c1ccccc1C)S(=O)(=O)c1ccccc1. The summed E-state index contributed by atoms with van der Waals surface area (Å²) in [6.07, 6.45) is 0.278. The quantitative estimate of drug-likeness (QED) is 0.246. The Kier molecular flexibility index (Phi) is 10.1. The molecule has 4 aromatic rings. The van der Waals surface area contributed by atoms with Crippen LogP contribution in [0.3, 0.4) is 0 Å². The first kappa shape index (κ1) is 30.5. The van der Waals surface area contributed by atoms with Crippen LogP contribution in [0, 0.1) is 13.8 Å². The number of para-hydroxylation sites is 1. The molecule has 0 unspecified atom stereocenters. The van der Waals surface area contributed by atoms with Crippen LogP contribution in [0.5, 0.6) is 0 Å². The van der Waals surface area contributed by atoms with Crippen LogP contribution in [-0.4, -0.2) is 44.3 Å². The molecule has 7 nitrogen and oxygen atoms in total. The van der Waals surface area contributed by atoms with Crippen LogP contribution in [0.4, 0.5) is 5.69 Å². The lowest BCUT2D eigenvalue weighted by molar-refractivity contribution is -0.140. The second kappa shape index (κ2) is 14.0. The summed E-state index contributed by atoms with van der Waals surface area (Å²) in [4.78, 5) is 29.5. The van der Waals surface area contributed by atoms with E-state index in [0.717, 1.165) is 21.0 Å². The Morgan fingerprint density at radius 1 is 0.786 bits per heavy atom. The van der Waals surface area contributed by atoms with Gasteiger partial charge in [-0.05, 0) is 55.7 Å². The molecule has 218 valence electrons. The van der Waals surface area contributed by atoms with Crippen LogP contribution < -0.4 is 9.62 Å². The van der Waals surface area contributed by atoms with E-state index in [9.17, 15) is 18.0 Å². The van der Waals surface area contributed by atoms with Gasteiger partial charge in [-0.3, -0.25) is 13.9 Å². The number of carbonyl (C=O) groups is 2. The lowest BCUT2D eigenvalue weighted by Gasteiger charge is -2.34. The molecule has 0 fully saturated rings. The zero-order chi connectivity index (χ0) is 30.1. The third kappa shape index (κ3) is 7.44. The van der Waals surface area contributed by atoms with Crippen molar-refractivity contribution >= 4 is 27.5 Å². The number of sulfonamides is 1. The Morgan fingerprint density at radius 2 is 1.40 bits per heavy atom. The van der Waals surface area contributed by atoms with Gasteiger partial charge in [-0.1, -0.05) is 96.6 Å². The number of rotatable bonds is 12. The average molecular weight is 584 g/mol. The first-order valence-electron chi connectivity index (χ1n) is 14.0. The lowest BCUT2D eigenvalue weighted by Crippen LogP contribution is -2.53. The van der Waals surface area contributed by atoms with Crippen molar-refractivity contribution in [3.05, 3.63) is 131 Å². The molecule has 0 radical (unpaired) electrons. The Morgan fingerprint density at radius 3 is 2.05 bits per heavy atom. The van der Waals surface area contributed by atoms with E-state index in [1.165, 1.54) is 17.0 Å². The highest BCUT2D eigenvalue weighted by atomic mass is 32.2. The van der Waals surface area contributed by atoms with Crippen LogP contribution in [0.1, 0.15) is 29.2 Å². The molecule has 8 heteroatoms. The molecule has 1 N–H and O–H groups in total. The van der Waals surface area contributed by atoms with Gasteiger partial charge in [-0.2, -0.15) is 0 Å². The molecule has 0 heterocycles. The lowest BCUT2D eigenvalue weighted by atomic mass is 10.0. The van der Waals surface area contributed by atoms with E-state index < -0.39 is 28.5 Å². The summed E-state index contributed by atoms with van der Waals surface area (Å²) in [6.45, 7) is 5.67. The van der Waals surface area contributed by atoms with Crippen molar-refractivity contribution in [1.82, 2.24) is 10.2 Å². The third-order valence-corrected chi connectivity index (χ3v) is 8.83. The number of amides is 2. The summed E-state index contributed by atoms with van der Waals surface area (Å²) in [7, 11) is -4.11. The Balaban J connectivity index is 1.80. The molecule has 4 rings (SSSR count). The zero-order valence-corrected chi connectivity index (χ0v) is 25.1. The van der Waals surface area contributed by atoms with Gasteiger partial charge in [0.05, 0.1) is 10.6 Å². The highest BCUT2D eigenvalue weighted by Gasteiger charge is 2.34. The number of hydrogen-bond acceptors (Lipinski definition) is 4. The van der Waals surface area contributed by atoms with Gasteiger partial charge in [-0.25, -0.2) is 8.42 Å². The number of likely N-dealkylation sites (N-methyl/N-ethyl adjacent to an activating group) is 1. The van der Waals surface area contributed by atoms with Crippen LogP contribution in [-0.2, 0) is 32.6 Å². The van der Waals surface area contributed by atoms with Crippen molar-refractivity contribution in [2.75, 3.05) is 17.4 Å². The highest BCUT2D eigenvalue weighted by Crippen LogP contribution is 2.27. The Hall–Kier alpha value is -4.43. The first-order valence-corrected chi connectivity index (χ1v) is 15.4. The third-order valence-electron chi connectivity index (χ3n) is 7.05. The van der Waals surface area contributed by atoms with Crippen LogP contribution in [0.2, 0.25) is 0 Å². The van der Waals surface area contributed by atoms with Gasteiger partial charge in [0.25, 0.3) is 10.0 Å². The largest absolute Gasteiger partial charge is 0.355 e. The molecule has 42 heavy (non-hydrogen) atoms. The summed E-state index contributed by atoms with van der Waals surface area (Å²) < 4.78 is 29.2. The van der Waals surface area contributed by atoms with Gasteiger partial charge >= 0.3 is 0 Å². The first-order chi connectivity index (χ1) is 20.2. The molecule has 0 aromatic heterocycles. The van der Waals surface area contributed by atoms with Crippen molar-refractivity contribution < 1.29 is 18.0 Å². The summed E-state index contributed by atoms with van der Waals surface area (Å²) >= 11 is 0. The monoisotopic (exact) mass is 583 g/mol. The average Bonchev–Trinajstić information content (AvgIpc) is 2.99. The number of anilines is 1. The van der Waals surface area contributed by atoms with Gasteiger partial charge in [0, 0.05) is 19.5 Å². The molecule has 1 atom stereocenters. The van der Waals surface area contributed by atoms with Crippen LogP contribution >= 0.6 is 0 Å². The van der Waals surface area contributed by atoms with Crippen molar-refractivity contribution in [3.8, 4) is 0 Å². The highest BCUT2D eigenvalue weighted by molar-refractivity contribution is 7.92. The molecule has 0 saturated carbocycles. The molecule has 0 aliphatic carbocycles. The second-order valence-electron chi connectivity index (χ2n) is 10.2.